The van der Waals surface area contributed by atoms with Crippen LogP contribution in [0.15, 0.2) is 54.6 Å². The molecular weight excluding hydrogens is 291 g/mol. The van der Waals surface area contributed by atoms with Gasteiger partial charge in [-0.3, -0.25) is 0 Å². The van der Waals surface area contributed by atoms with E-state index in [0.717, 1.165) is 0 Å². The maximum absolute atomic E-state index is 5.89. The van der Waals surface area contributed by atoms with Crippen molar-refractivity contribution < 1.29 is 26.4 Å². The van der Waals surface area contributed by atoms with Gasteiger partial charge in [-0.15, -0.1) is 0 Å². The zero-order valence-corrected chi connectivity index (χ0v) is 12.5. The molecule has 4 rings (SSSR count). The average Bonchev–Trinajstić information content (AvgIpc) is 3.20. The molecule has 2 aromatic rings. The fraction of sp³-hybridized carbons (Fsp3) is 0.375. The van der Waals surface area contributed by atoms with E-state index in [-0.39, 0.29) is 24.2 Å². The Bertz CT molecular complexity index is 424. The van der Waals surface area contributed by atoms with Crippen LogP contribution >= 0.6 is 0 Å². The van der Waals surface area contributed by atoms with E-state index in [1.807, 2.05) is 42.5 Å². The zero-order valence-electron chi connectivity index (χ0n) is 11.4. The molecule has 0 spiro atoms. The maximum atomic E-state index is 5.89. The topological polar surface area (TPSA) is 18.5 Å². The summed E-state index contributed by atoms with van der Waals surface area (Å²) in [5, 5.41) is 0. The first-order chi connectivity index (χ1) is 9.43. The van der Waals surface area contributed by atoms with Crippen molar-refractivity contribution >= 4 is 12.6 Å². The number of fused-ring (bicyclic) bond motifs is 1. The molecule has 2 atom stereocenters. The predicted molar refractivity (Wildman–Crippen MR) is 77.7 cm³/mol. The second-order valence-corrected chi connectivity index (χ2v) is 5.15. The summed E-state index contributed by atoms with van der Waals surface area (Å²) < 4.78 is 11.8. The fourth-order valence-electron chi connectivity index (χ4n) is 2.75. The SMILES string of the molecule is [Fe].c1cc(B2O[C@H]3CCCC[C@H]3O2)c[cH-]1.c1cc[cH-]c1. The van der Waals surface area contributed by atoms with Crippen LogP contribution in [0.3, 0.4) is 0 Å². The molecular formula is C16H19BFeO2-2. The Kier molecular flexibility index (Phi) is 6.12. The molecule has 2 aromatic carbocycles. The van der Waals surface area contributed by atoms with Gasteiger partial charge in [0.1, 0.15) is 0 Å². The predicted octanol–water partition coefficient (Wildman–Crippen LogP) is 2.86. The third kappa shape index (κ3) is 3.86. The Morgan fingerprint density at radius 3 is 2.05 bits per heavy atom. The van der Waals surface area contributed by atoms with Crippen molar-refractivity contribution in [2.45, 2.75) is 37.9 Å². The molecule has 2 aliphatic rings. The summed E-state index contributed by atoms with van der Waals surface area (Å²) in [6.07, 6.45) is 5.62. The van der Waals surface area contributed by atoms with Gasteiger partial charge in [0.05, 0.1) is 12.2 Å². The average molecular weight is 310 g/mol. The second-order valence-electron chi connectivity index (χ2n) is 5.15. The van der Waals surface area contributed by atoms with Gasteiger partial charge in [-0.2, -0.15) is 41.9 Å². The van der Waals surface area contributed by atoms with E-state index in [1.54, 1.807) is 0 Å². The molecule has 1 saturated heterocycles. The van der Waals surface area contributed by atoms with Gasteiger partial charge in [0.2, 0.25) is 0 Å². The summed E-state index contributed by atoms with van der Waals surface area (Å²) in [6.45, 7) is 0. The Morgan fingerprint density at radius 2 is 1.60 bits per heavy atom. The number of rotatable bonds is 1. The molecule has 2 fully saturated rings. The maximum Gasteiger partial charge on any atom is 0.406 e. The minimum Gasteiger partial charge on any atom is -0.413 e. The van der Waals surface area contributed by atoms with Crippen LogP contribution in [-0.4, -0.2) is 19.3 Å². The monoisotopic (exact) mass is 310 g/mol. The molecule has 20 heavy (non-hydrogen) atoms. The number of hydrogen-bond donors (Lipinski definition) is 0. The van der Waals surface area contributed by atoms with Gasteiger partial charge >= 0.3 is 7.12 Å². The number of hydrogen-bond acceptors (Lipinski definition) is 2. The fourth-order valence-corrected chi connectivity index (χ4v) is 2.75. The van der Waals surface area contributed by atoms with Crippen LogP contribution < -0.4 is 5.46 Å². The molecule has 1 aliphatic heterocycles. The van der Waals surface area contributed by atoms with Crippen molar-refractivity contribution in [3.8, 4) is 0 Å². The summed E-state index contributed by atoms with van der Waals surface area (Å²) in [6, 6.07) is 18.2. The molecule has 0 amide bonds. The van der Waals surface area contributed by atoms with Crippen molar-refractivity contribution in [3.05, 3.63) is 54.6 Å². The first-order valence-corrected chi connectivity index (χ1v) is 7.13. The normalized spacial score (nSPS) is 24.3. The summed E-state index contributed by atoms with van der Waals surface area (Å²) in [4.78, 5) is 0. The molecule has 2 nitrogen and oxygen atoms in total. The first kappa shape index (κ1) is 15.6. The minimum atomic E-state index is -0.0990. The van der Waals surface area contributed by atoms with Gasteiger partial charge in [-0.25, -0.2) is 18.2 Å². The Morgan fingerprint density at radius 1 is 0.950 bits per heavy atom. The third-order valence-corrected chi connectivity index (χ3v) is 3.75. The summed E-state index contributed by atoms with van der Waals surface area (Å²) in [5.41, 5.74) is 1.17. The van der Waals surface area contributed by atoms with Crippen LogP contribution in [0, 0.1) is 0 Å². The molecule has 4 heteroatoms. The smallest absolute Gasteiger partial charge is 0.406 e. The van der Waals surface area contributed by atoms with Crippen molar-refractivity contribution in [3.63, 3.8) is 0 Å². The molecule has 1 saturated carbocycles. The molecule has 1 aliphatic carbocycles. The summed E-state index contributed by atoms with van der Waals surface area (Å²) in [5.74, 6) is 0. The molecule has 108 valence electrons. The van der Waals surface area contributed by atoms with Gasteiger partial charge in [-0.1, -0.05) is 12.8 Å². The van der Waals surface area contributed by atoms with E-state index in [1.165, 1.54) is 31.1 Å². The Hall–Kier alpha value is -0.796. The van der Waals surface area contributed by atoms with Crippen LogP contribution in [0.5, 0.6) is 0 Å². The van der Waals surface area contributed by atoms with E-state index < -0.39 is 0 Å². The van der Waals surface area contributed by atoms with Crippen LogP contribution in [0.25, 0.3) is 0 Å². The first-order valence-electron chi connectivity index (χ1n) is 7.13. The van der Waals surface area contributed by atoms with Crippen molar-refractivity contribution in [1.82, 2.24) is 0 Å². The largest absolute Gasteiger partial charge is 0.413 e. The second kappa shape index (κ2) is 7.85. The molecule has 0 bridgehead atoms. The van der Waals surface area contributed by atoms with Gasteiger partial charge in [0.25, 0.3) is 0 Å². The van der Waals surface area contributed by atoms with Crippen LogP contribution in [-0.2, 0) is 26.4 Å². The van der Waals surface area contributed by atoms with Crippen LogP contribution in [0.1, 0.15) is 25.7 Å². The van der Waals surface area contributed by atoms with Crippen molar-refractivity contribution in [1.29, 1.82) is 0 Å². The van der Waals surface area contributed by atoms with Crippen LogP contribution in [0.4, 0.5) is 0 Å². The van der Waals surface area contributed by atoms with Gasteiger partial charge in [-0.05, 0) is 12.8 Å². The Balaban J connectivity index is 0.000000210. The minimum absolute atomic E-state index is 0. The van der Waals surface area contributed by atoms with Crippen molar-refractivity contribution in [2.24, 2.45) is 0 Å². The quantitative estimate of drug-likeness (QED) is 0.596. The van der Waals surface area contributed by atoms with E-state index in [2.05, 4.69) is 12.1 Å². The van der Waals surface area contributed by atoms with Gasteiger partial charge in [0, 0.05) is 17.1 Å². The van der Waals surface area contributed by atoms with E-state index in [0.29, 0.717) is 12.2 Å². The van der Waals surface area contributed by atoms with Crippen molar-refractivity contribution in [2.75, 3.05) is 0 Å². The third-order valence-electron chi connectivity index (χ3n) is 3.75. The molecule has 0 N–H and O–H groups in total. The van der Waals surface area contributed by atoms with Gasteiger partial charge in [0.15, 0.2) is 0 Å². The standard InChI is InChI=1S/C11H14BO2.C5H5.Fe/c1-2-6-9(5-1)12-13-10-7-3-4-8-11(10)14-12;1-2-4-5-3-1;/h1-2,5-6,10-11H,3-4,7-8H2;1-5H;/q2*-1;/t10-,11+;;. The molecule has 0 unspecified atom stereocenters. The zero-order chi connectivity index (χ0) is 12.9. The summed E-state index contributed by atoms with van der Waals surface area (Å²) >= 11 is 0. The van der Waals surface area contributed by atoms with Gasteiger partial charge < -0.3 is 9.31 Å². The molecule has 0 aromatic heterocycles. The Labute approximate surface area is 131 Å². The molecule has 1 heterocycles. The summed E-state index contributed by atoms with van der Waals surface area (Å²) in [7, 11) is -0.0990. The van der Waals surface area contributed by atoms with Crippen LogP contribution in [0.2, 0.25) is 0 Å². The van der Waals surface area contributed by atoms with E-state index >= 15 is 0 Å². The van der Waals surface area contributed by atoms with E-state index in [9.17, 15) is 0 Å². The van der Waals surface area contributed by atoms with E-state index in [4.69, 9.17) is 9.31 Å². The molecule has 0 radical (unpaired) electrons.